The summed E-state index contributed by atoms with van der Waals surface area (Å²) in [6, 6.07) is 7.47. The summed E-state index contributed by atoms with van der Waals surface area (Å²) in [5, 5.41) is 8.95. The smallest absolute Gasteiger partial charge is 0.338 e. The number of amides is 1. The monoisotopic (exact) mass is 375 g/mol. The Kier molecular flexibility index (Phi) is 5.56. The molecule has 1 aromatic carbocycles. The first-order chi connectivity index (χ1) is 12.5. The number of furan rings is 1. The van der Waals surface area contributed by atoms with Gasteiger partial charge in [-0.25, -0.2) is 4.79 Å². The van der Waals surface area contributed by atoms with Crippen LogP contribution in [0.2, 0.25) is 0 Å². The van der Waals surface area contributed by atoms with Crippen molar-refractivity contribution in [3.8, 4) is 5.75 Å². The van der Waals surface area contributed by atoms with Gasteiger partial charge in [0.25, 0.3) is 0 Å². The molecule has 1 amide bonds. The number of rotatable bonds is 6. The Bertz CT molecular complexity index is 816. The second kappa shape index (κ2) is 7.86. The van der Waals surface area contributed by atoms with E-state index in [4.69, 9.17) is 14.3 Å². The van der Waals surface area contributed by atoms with Gasteiger partial charge in [0, 0.05) is 17.7 Å². The largest absolute Gasteiger partial charge is 0.494 e. The number of ether oxygens (including phenoxy) is 1. The molecule has 7 heteroatoms. The van der Waals surface area contributed by atoms with Gasteiger partial charge in [-0.1, -0.05) is 0 Å². The van der Waals surface area contributed by atoms with Crippen molar-refractivity contribution in [2.24, 2.45) is 5.92 Å². The van der Waals surface area contributed by atoms with Crippen molar-refractivity contribution in [2.45, 2.75) is 24.8 Å². The average molecular weight is 375 g/mol. The summed E-state index contributed by atoms with van der Waals surface area (Å²) in [6.07, 6.45) is 1.86. The highest BCUT2D eigenvalue weighted by atomic mass is 32.2. The number of benzene rings is 1. The molecule has 0 spiro atoms. The Balaban J connectivity index is 1.66. The number of hydrogen-bond donors (Lipinski definition) is 1. The van der Waals surface area contributed by atoms with Crippen molar-refractivity contribution in [1.82, 2.24) is 4.90 Å². The van der Waals surface area contributed by atoms with E-state index in [9.17, 15) is 9.59 Å². The van der Waals surface area contributed by atoms with Crippen LogP contribution in [-0.4, -0.2) is 41.3 Å². The minimum atomic E-state index is -1.04. The average Bonchev–Trinajstić information content (AvgIpc) is 3.09. The van der Waals surface area contributed by atoms with Crippen molar-refractivity contribution in [2.75, 3.05) is 19.4 Å². The minimum absolute atomic E-state index is 0.0261. The molecule has 0 saturated carbocycles. The second-order valence-corrected chi connectivity index (χ2v) is 7.28. The highest BCUT2D eigenvalue weighted by Gasteiger charge is 2.28. The van der Waals surface area contributed by atoms with Gasteiger partial charge in [0.1, 0.15) is 17.8 Å². The van der Waals surface area contributed by atoms with E-state index in [0.29, 0.717) is 18.8 Å². The second-order valence-electron chi connectivity index (χ2n) is 6.22. The van der Waals surface area contributed by atoms with Gasteiger partial charge in [-0.3, -0.25) is 4.79 Å². The number of carboxylic acids is 1. The van der Waals surface area contributed by atoms with Crippen LogP contribution in [-0.2, 0) is 17.8 Å². The number of carboxylic acid groups (broad SMARTS) is 1. The van der Waals surface area contributed by atoms with Crippen LogP contribution in [0.3, 0.4) is 0 Å². The van der Waals surface area contributed by atoms with E-state index >= 15 is 0 Å². The van der Waals surface area contributed by atoms with E-state index < -0.39 is 5.97 Å². The van der Waals surface area contributed by atoms with Gasteiger partial charge < -0.3 is 19.2 Å². The molecule has 1 aliphatic rings. The van der Waals surface area contributed by atoms with E-state index in [1.165, 1.54) is 17.2 Å². The molecule has 138 valence electrons. The maximum absolute atomic E-state index is 12.8. The molecule has 2 aromatic rings. The Morgan fingerprint density at radius 3 is 2.88 bits per heavy atom. The molecule has 0 radical (unpaired) electrons. The molecule has 2 heterocycles. The molecule has 26 heavy (non-hydrogen) atoms. The third kappa shape index (κ3) is 4.04. The zero-order valence-corrected chi connectivity index (χ0v) is 15.5. The number of aromatic carboxylic acids is 1. The van der Waals surface area contributed by atoms with Gasteiger partial charge in [0.2, 0.25) is 5.91 Å². The normalized spacial score (nSPS) is 16.0. The highest BCUT2D eigenvalue weighted by Crippen LogP contribution is 2.35. The lowest BCUT2D eigenvalue weighted by Gasteiger charge is -2.27. The van der Waals surface area contributed by atoms with Crippen molar-refractivity contribution in [1.29, 1.82) is 0 Å². The van der Waals surface area contributed by atoms with Crippen LogP contribution in [0, 0.1) is 5.92 Å². The summed E-state index contributed by atoms with van der Waals surface area (Å²) in [6.45, 7) is 2.80. The fourth-order valence-corrected chi connectivity index (χ4v) is 4.12. The first kappa shape index (κ1) is 18.4. The number of thioether (sulfide) groups is 1. The molecule has 1 aromatic heterocycles. The van der Waals surface area contributed by atoms with Crippen LogP contribution in [0.4, 0.5) is 0 Å². The predicted octanol–water partition coefficient (Wildman–Crippen LogP) is 3.30. The van der Waals surface area contributed by atoms with E-state index in [2.05, 4.69) is 0 Å². The Morgan fingerprint density at radius 1 is 1.38 bits per heavy atom. The Hall–Kier alpha value is -2.41. The third-order valence-electron chi connectivity index (χ3n) is 4.27. The summed E-state index contributed by atoms with van der Waals surface area (Å²) in [5.41, 5.74) is 1.22. The third-order valence-corrected chi connectivity index (χ3v) is 5.55. The molecule has 1 unspecified atom stereocenters. The lowest BCUT2D eigenvalue weighted by molar-refractivity contribution is -0.134. The highest BCUT2D eigenvalue weighted by molar-refractivity contribution is 7.99. The summed E-state index contributed by atoms with van der Waals surface area (Å²) in [5.74, 6) is 0.870. The first-order valence-electron chi connectivity index (χ1n) is 8.42. The lowest BCUT2D eigenvalue weighted by atomic mass is 9.98. The van der Waals surface area contributed by atoms with Gasteiger partial charge in [-0.05, 0) is 43.2 Å². The molecular formula is C19H21NO5S. The van der Waals surface area contributed by atoms with Crippen molar-refractivity contribution >= 4 is 23.6 Å². The molecular weight excluding hydrogens is 354 g/mol. The summed E-state index contributed by atoms with van der Waals surface area (Å²) in [4.78, 5) is 26.5. The maximum Gasteiger partial charge on any atom is 0.338 e. The van der Waals surface area contributed by atoms with Crippen LogP contribution in [0.1, 0.15) is 28.6 Å². The quantitative estimate of drug-likeness (QED) is 0.834. The van der Waals surface area contributed by atoms with E-state index in [1.54, 1.807) is 23.7 Å². The molecule has 3 rings (SSSR count). The summed E-state index contributed by atoms with van der Waals surface area (Å²) >= 11 is 1.68. The van der Waals surface area contributed by atoms with E-state index in [1.807, 2.05) is 25.1 Å². The van der Waals surface area contributed by atoms with Crippen LogP contribution in [0.15, 0.2) is 39.8 Å². The fraction of sp³-hybridized carbons (Fsp3) is 0.368. The molecule has 0 bridgehead atoms. The van der Waals surface area contributed by atoms with E-state index in [0.717, 1.165) is 17.1 Å². The van der Waals surface area contributed by atoms with Gasteiger partial charge in [-0.2, -0.15) is 0 Å². The molecule has 0 saturated heterocycles. The van der Waals surface area contributed by atoms with Crippen molar-refractivity contribution in [3.63, 3.8) is 0 Å². The number of fused-ring (bicyclic) bond motifs is 1. The molecule has 6 nitrogen and oxygen atoms in total. The van der Waals surface area contributed by atoms with Gasteiger partial charge in [-0.15, -0.1) is 11.8 Å². The summed E-state index contributed by atoms with van der Waals surface area (Å²) < 4.78 is 10.8. The standard InChI is InChI=1S/C19H21NO5S/c1-3-24-15-4-5-17-12(7-15)6-14(11-26-17)18(21)20(2)9-16-8-13(10-25-16)19(22)23/h4-5,7-8,10,14H,3,6,9,11H2,1-2H3,(H,22,23). The van der Waals surface area contributed by atoms with Crippen molar-refractivity contribution in [3.05, 3.63) is 47.4 Å². The zero-order chi connectivity index (χ0) is 18.7. The van der Waals surface area contributed by atoms with Gasteiger partial charge >= 0.3 is 5.97 Å². The minimum Gasteiger partial charge on any atom is -0.494 e. The van der Waals surface area contributed by atoms with Crippen LogP contribution in [0.5, 0.6) is 5.75 Å². The topological polar surface area (TPSA) is 80.0 Å². The van der Waals surface area contributed by atoms with Crippen molar-refractivity contribution < 1.29 is 23.8 Å². The van der Waals surface area contributed by atoms with Crippen LogP contribution < -0.4 is 4.74 Å². The van der Waals surface area contributed by atoms with Gasteiger partial charge in [0.15, 0.2) is 0 Å². The van der Waals surface area contributed by atoms with Crippen LogP contribution in [0.25, 0.3) is 0 Å². The summed E-state index contributed by atoms with van der Waals surface area (Å²) in [7, 11) is 1.71. The molecule has 1 aliphatic heterocycles. The SMILES string of the molecule is CCOc1ccc2c(c1)CC(C(=O)N(C)Cc1cc(C(=O)O)co1)CS2. The molecule has 1 atom stereocenters. The van der Waals surface area contributed by atoms with Crippen LogP contribution >= 0.6 is 11.8 Å². The zero-order valence-electron chi connectivity index (χ0n) is 14.7. The van der Waals surface area contributed by atoms with E-state index in [-0.39, 0.29) is 23.9 Å². The molecule has 1 N–H and O–H groups in total. The number of carbonyl (C=O) groups is 2. The first-order valence-corrected chi connectivity index (χ1v) is 9.40. The van der Waals surface area contributed by atoms with Gasteiger partial charge in [0.05, 0.1) is 24.6 Å². The maximum atomic E-state index is 12.8. The fourth-order valence-electron chi connectivity index (χ4n) is 2.99. The predicted molar refractivity (Wildman–Crippen MR) is 97.7 cm³/mol. The Labute approximate surface area is 156 Å². The number of hydrogen-bond acceptors (Lipinski definition) is 5. The number of nitrogens with zero attached hydrogens (tertiary/aromatic N) is 1. The number of carbonyl (C=O) groups excluding carboxylic acids is 1. The molecule has 0 fully saturated rings. The Morgan fingerprint density at radius 2 is 2.19 bits per heavy atom. The molecule has 0 aliphatic carbocycles. The lowest BCUT2D eigenvalue weighted by Crippen LogP contribution is -2.35.